The molecule has 0 bridgehead atoms. The molecule has 1 aromatic heterocycles. The van der Waals surface area contributed by atoms with E-state index >= 15 is 0 Å². The number of aromatic nitrogens is 1. The summed E-state index contributed by atoms with van der Waals surface area (Å²) in [5, 5.41) is 3.32. The predicted molar refractivity (Wildman–Crippen MR) is 76.8 cm³/mol. The summed E-state index contributed by atoms with van der Waals surface area (Å²) in [4.78, 5) is 3.89. The first kappa shape index (κ1) is 15.7. The number of nitrogens with two attached hydrogens (primary N) is 1. The number of alkyl halides is 3. The zero-order valence-corrected chi connectivity index (χ0v) is 11.8. The molecule has 21 heavy (non-hydrogen) atoms. The molecule has 0 radical (unpaired) electrons. The van der Waals surface area contributed by atoms with Gasteiger partial charge in [0, 0.05) is 5.69 Å². The molecule has 0 spiro atoms. The third kappa shape index (κ3) is 3.90. The number of hydrogen-bond donors (Lipinski definition) is 3. The molecule has 0 atom stereocenters. The van der Waals surface area contributed by atoms with E-state index in [1.165, 1.54) is 12.1 Å². The van der Waals surface area contributed by atoms with Gasteiger partial charge in [0.1, 0.15) is 11.6 Å². The van der Waals surface area contributed by atoms with Crippen LogP contribution in [-0.2, 0) is 6.18 Å². The molecular formula is C12H9Cl2F3N4. The number of benzene rings is 1. The van der Waals surface area contributed by atoms with Crippen LogP contribution in [0, 0.1) is 0 Å². The van der Waals surface area contributed by atoms with Crippen molar-refractivity contribution in [2.75, 3.05) is 10.7 Å². The van der Waals surface area contributed by atoms with E-state index in [1.54, 1.807) is 6.07 Å². The Balaban J connectivity index is 2.36. The van der Waals surface area contributed by atoms with Gasteiger partial charge in [-0.25, -0.2) is 10.8 Å². The lowest BCUT2D eigenvalue weighted by Gasteiger charge is -2.12. The molecule has 112 valence electrons. The van der Waals surface area contributed by atoms with E-state index in [0.29, 0.717) is 10.7 Å². The van der Waals surface area contributed by atoms with Gasteiger partial charge in [-0.15, -0.1) is 0 Å². The Labute approximate surface area is 128 Å². The first-order chi connectivity index (χ1) is 9.79. The molecule has 4 N–H and O–H groups in total. The van der Waals surface area contributed by atoms with Crippen LogP contribution >= 0.6 is 23.2 Å². The van der Waals surface area contributed by atoms with Gasteiger partial charge in [0.05, 0.1) is 15.6 Å². The molecule has 0 saturated carbocycles. The molecule has 4 nitrogen and oxygen atoms in total. The van der Waals surface area contributed by atoms with Crippen molar-refractivity contribution < 1.29 is 13.2 Å². The summed E-state index contributed by atoms with van der Waals surface area (Å²) in [6.07, 6.45) is -4.51. The van der Waals surface area contributed by atoms with Gasteiger partial charge >= 0.3 is 6.18 Å². The maximum Gasteiger partial charge on any atom is 0.416 e. The first-order valence-electron chi connectivity index (χ1n) is 5.57. The Hall–Kier alpha value is -1.70. The van der Waals surface area contributed by atoms with Crippen LogP contribution in [0.25, 0.3) is 0 Å². The summed E-state index contributed by atoms with van der Waals surface area (Å²) >= 11 is 11.6. The van der Waals surface area contributed by atoms with Crippen LogP contribution in [0.5, 0.6) is 0 Å². The average molecular weight is 337 g/mol. The SMILES string of the molecule is NNc1cc(C(F)(F)F)cc(Nc2ccc(Cl)c(Cl)c2)n1. The Morgan fingerprint density at radius 3 is 2.24 bits per heavy atom. The molecule has 0 aliphatic carbocycles. The molecule has 0 unspecified atom stereocenters. The van der Waals surface area contributed by atoms with E-state index in [4.69, 9.17) is 29.0 Å². The minimum atomic E-state index is -4.51. The van der Waals surface area contributed by atoms with Crippen LogP contribution in [0.15, 0.2) is 30.3 Å². The van der Waals surface area contributed by atoms with Gasteiger partial charge in [-0.1, -0.05) is 23.2 Å². The highest BCUT2D eigenvalue weighted by Crippen LogP contribution is 2.33. The van der Waals surface area contributed by atoms with Crippen LogP contribution in [0.4, 0.5) is 30.5 Å². The number of hydrogen-bond acceptors (Lipinski definition) is 4. The van der Waals surface area contributed by atoms with Crippen molar-refractivity contribution >= 4 is 40.5 Å². The second-order valence-electron chi connectivity index (χ2n) is 4.02. The van der Waals surface area contributed by atoms with E-state index in [-0.39, 0.29) is 16.7 Å². The summed E-state index contributed by atoms with van der Waals surface area (Å²) in [5.74, 6) is 4.97. The van der Waals surface area contributed by atoms with Crippen molar-refractivity contribution in [3.63, 3.8) is 0 Å². The zero-order chi connectivity index (χ0) is 15.6. The van der Waals surface area contributed by atoms with Gasteiger partial charge in [0.2, 0.25) is 0 Å². The third-order valence-electron chi connectivity index (χ3n) is 2.49. The van der Waals surface area contributed by atoms with Gasteiger partial charge in [0.15, 0.2) is 0 Å². The van der Waals surface area contributed by atoms with Crippen molar-refractivity contribution in [1.29, 1.82) is 0 Å². The van der Waals surface area contributed by atoms with Crippen LogP contribution in [-0.4, -0.2) is 4.98 Å². The van der Waals surface area contributed by atoms with E-state index in [9.17, 15) is 13.2 Å². The van der Waals surface area contributed by atoms with E-state index in [0.717, 1.165) is 12.1 Å². The molecule has 0 aliphatic heterocycles. The molecule has 2 rings (SSSR count). The molecule has 0 saturated heterocycles. The van der Waals surface area contributed by atoms with Crippen molar-refractivity contribution in [1.82, 2.24) is 4.98 Å². The van der Waals surface area contributed by atoms with Crippen molar-refractivity contribution in [3.8, 4) is 0 Å². The second kappa shape index (κ2) is 5.97. The molecular weight excluding hydrogens is 328 g/mol. The Morgan fingerprint density at radius 1 is 1.00 bits per heavy atom. The predicted octanol–water partition coefficient (Wildman–Crippen LogP) is 4.44. The average Bonchev–Trinajstić information content (AvgIpc) is 2.41. The quantitative estimate of drug-likeness (QED) is 0.572. The summed E-state index contributed by atoms with van der Waals surface area (Å²) < 4.78 is 38.3. The minimum absolute atomic E-state index is 0.0313. The van der Waals surface area contributed by atoms with Gasteiger partial charge in [-0.2, -0.15) is 13.2 Å². The Bertz CT molecular complexity index is 661. The van der Waals surface area contributed by atoms with Crippen molar-refractivity contribution in [3.05, 3.63) is 45.9 Å². The summed E-state index contributed by atoms with van der Waals surface area (Å²) in [7, 11) is 0. The second-order valence-corrected chi connectivity index (χ2v) is 4.84. The maximum absolute atomic E-state index is 12.8. The molecule has 0 fully saturated rings. The van der Waals surface area contributed by atoms with E-state index < -0.39 is 11.7 Å². The number of pyridine rings is 1. The summed E-state index contributed by atoms with van der Waals surface area (Å²) in [6, 6.07) is 6.22. The lowest BCUT2D eigenvalue weighted by molar-refractivity contribution is -0.137. The smallest absolute Gasteiger partial charge is 0.340 e. The monoisotopic (exact) mass is 336 g/mol. The van der Waals surface area contributed by atoms with Crippen LogP contribution < -0.4 is 16.6 Å². The molecule has 9 heteroatoms. The summed E-state index contributed by atoms with van der Waals surface area (Å²) in [6.45, 7) is 0. The number of halogens is 5. The Kier molecular flexibility index (Phi) is 4.46. The number of hydrazine groups is 1. The topological polar surface area (TPSA) is 63.0 Å². The molecule has 1 heterocycles. The van der Waals surface area contributed by atoms with Gasteiger partial charge < -0.3 is 10.7 Å². The highest BCUT2D eigenvalue weighted by molar-refractivity contribution is 6.42. The van der Waals surface area contributed by atoms with Gasteiger partial charge in [-0.05, 0) is 30.3 Å². The van der Waals surface area contributed by atoms with Crippen molar-refractivity contribution in [2.45, 2.75) is 6.18 Å². The fraction of sp³-hybridized carbons (Fsp3) is 0.0833. The third-order valence-corrected chi connectivity index (χ3v) is 3.23. The lowest BCUT2D eigenvalue weighted by Crippen LogP contribution is -2.13. The lowest BCUT2D eigenvalue weighted by atomic mass is 10.2. The van der Waals surface area contributed by atoms with Gasteiger partial charge in [0.25, 0.3) is 0 Å². The number of nitrogens with zero attached hydrogens (tertiary/aromatic N) is 1. The molecule has 1 aromatic carbocycles. The maximum atomic E-state index is 12.8. The highest BCUT2D eigenvalue weighted by Gasteiger charge is 2.31. The molecule has 0 aliphatic rings. The standard InChI is InChI=1S/C12H9Cl2F3N4/c13-8-2-1-7(5-9(8)14)19-10-3-6(12(15,16)17)4-11(20-10)21-18/h1-5H,18H2,(H2,19,20,21). The largest absolute Gasteiger partial charge is 0.416 e. The van der Waals surface area contributed by atoms with E-state index in [1.807, 2.05) is 0 Å². The number of nitrogen functional groups attached to an aromatic ring is 1. The van der Waals surface area contributed by atoms with Crippen LogP contribution in [0.3, 0.4) is 0 Å². The summed E-state index contributed by atoms with van der Waals surface area (Å²) in [5.41, 5.74) is 1.65. The Morgan fingerprint density at radius 2 is 1.67 bits per heavy atom. The van der Waals surface area contributed by atoms with Gasteiger partial charge in [-0.3, -0.25) is 0 Å². The van der Waals surface area contributed by atoms with Crippen LogP contribution in [0.1, 0.15) is 5.56 Å². The highest BCUT2D eigenvalue weighted by atomic mass is 35.5. The first-order valence-corrected chi connectivity index (χ1v) is 6.33. The number of rotatable bonds is 3. The molecule has 0 amide bonds. The van der Waals surface area contributed by atoms with Crippen LogP contribution in [0.2, 0.25) is 10.0 Å². The fourth-order valence-corrected chi connectivity index (χ4v) is 1.85. The number of anilines is 3. The fourth-order valence-electron chi connectivity index (χ4n) is 1.55. The van der Waals surface area contributed by atoms with E-state index in [2.05, 4.69) is 15.7 Å². The number of nitrogens with one attached hydrogen (secondary N) is 2. The van der Waals surface area contributed by atoms with Crippen molar-refractivity contribution in [2.24, 2.45) is 5.84 Å². The normalized spacial score (nSPS) is 11.3. The minimum Gasteiger partial charge on any atom is -0.340 e. The zero-order valence-electron chi connectivity index (χ0n) is 10.3. The molecule has 2 aromatic rings.